The SMILES string of the molecule is CNc1cc(Sc2nnc(C)s2)nc(C(C)C)n1. The molecule has 2 rings (SSSR count). The van der Waals surface area contributed by atoms with E-state index in [-0.39, 0.29) is 0 Å². The molecule has 0 aliphatic heterocycles. The zero-order valence-corrected chi connectivity index (χ0v) is 12.4. The second kappa shape index (κ2) is 5.62. The molecule has 18 heavy (non-hydrogen) atoms. The second-order valence-corrected chi connectivity index (χ2v) is 6.49. The highest BCUT2D eigenvalue weighted by Gasteiger charge is 2.10. The average Bonchev–Trinajstić information content (AvgIpc) is 2.74. The fourth-order valence-corrected chi connectivity index (χ4v) is 3.06. The van der Waals surface area contributed by atoms with Crippen molar-refractivity contribution in [3.05, 3.63) is 16.9 Å². The minimum Gasteiger partial charge on any atom is -0.373 e. The van der Waals surface area contributed by atoms with Crippen molar-refractivity contribution in [1.82, 2.24) is 20.2 Å². The van der Waals surface area contributed by atoms with Gasteiger partial charge in [0.2, 0.25) is 0 Å². The van der Waals surface area contributed by atoms with Gasteiger partial charge in [0.25, 0.3) is 0 Å². The van der Waals surface area contributed by atoms with Crippen molar-refractivity contribution >= 4 is 28.9 Å². The highest BCUT2D eigenvalue weighted by Crippen LogP contribution is 2.30. The van der Waals surface area contributed by atoms with Gasteiger partial charge in [0.15, 0.2) is 4.34 Å². The quantitative estimate of drug-likeness (QED) is 0.869. The zero-order valence-electron chi connectivity index (χ0n) is 10.8. The van der Waals surface area contributed by atoms with Crippen molar-refractivity contribution in [2.24, 2.45) is 0 Å². The van der Waals surface area contributed by atoms with E-state index in [2.05, 4.69) is 39.3 Å². The molecule has 5 nitrogen and oxygen atoms in total. The van der Waals surface area contributed by atoms with Crippen LogP contribution >= 0.6 is 23.1 Å². The Hall–Kier alpha value is -1.21. The first-order valence-electron chi connectivity index (χ1n) is 5.63. The summed E-state index contributed by atoms with van der Waals surface area (Å²) in [7, 11) is 1.86. The summed E-state index contributed by atoms with van der Waals surface area (Å²) in [6, 6.07) is 1.92. The van der Waals surface area contributed by atoms with Crippen LogP contribution in [-0.2, 0) is 0 Å². The molecule has 0 atom stereocenters. The third kappa shape index (κ3) is 3.17. The molecule has 0 aromatic carbocycles. The molecule has 2 aromatic heterocycles. The lowest BCUT2D eigenvalue weighted by atomic mass is 10.2. The van der Waals surface area contributed by atoms with E-state index in [4.69, 9.17) is 0 Å². The van der Waals surface area contributed by atoms with Crippen LogP contribution in [-0.4, -0.2) is 27.2 Å². The Balaban J connectivity index is 2.29. The minimum absolute atomic E-state index is 0.300. The van der Waals surface area contributed by atoms with Crippen molar-refractivity contribution in [2.45, 2.75) is 36.1 Å². The topological polar surface area (TPSA) is 63.6 Å². The molecule has 0 fully saturated rings. The predicted octanol–water partition coefficient (Wildman–Crippen LogP) is 2.95. The monoisotopic (exact) mass is 281 g/mol. The fraction of sp³-hybridized carbons (Fsp3) is 0.455. The van der Waals surface area contributed by atoms with Gasteiger partial charge in [-0.3, -0.25) is 0 Å². The van der Waals surface area contributed by atoms with Crippen LogP contribution in [0.15, 0.2) is 15.4 Å². The Morgan fingerprint density at radius 2 is 2.06 bits per heavy atom. The summed E-state index contributed by atoms with van der Waals surface area (Å²) < 4.78 is 0.906. The van der Waals surface area contributed by atoms with E-state index in [9.17, 15) is 0 Å². The summed E-state index contributed by atoms with van der Waals surface area (Å²) in [5.74, 6) is 1.97. The summed E-state index contributed by atoms with van der Waals surface area (Å²) in [5.41, 5.74) is 0. The molecule has 0 unspecified atom stereocenters. The number of hydrogen-bond acceptors (Lipinski definition) is 7. The first kappa shape index (κ1) is 13.2. The molecule has 0 radical (unpaired) electrons. The Morgan fingerprint density at radius 1 is 1.28 bits per heavy atom. The molecule has 2 aromatic rings. The number of nitrogens with one attached hydrogen (secondary N) is 1. The van der Waals surface area contributed by atoms with Gasteiger partial charge in [0.1, 0.15) is 21.7 Å². The van der Waals surface area contributed by atoms with Crippen LogP contribution in [0, 0.1) is 6.92 Å². The maximum absolute atomic E-state index is 4.54. The van der Waals surface area contributed by atoms with Gasteiger partial charge in [0.05, 0.1) is 0 Å². The predicted molar refractivity (Wildman–Crippen MR) is 74.4 cm³/mol. The summed E-state index contributed by atoms with van der Waals surface area (Å²) in [5, 5.41) is 13.0. The molecule has 2 heterocycles. The fourth-order valence-electron chi connectivity index (χ4n) is 1.29. The minimum atomic E-state index is 0.300. The highest BCUT2D eigenvalue weighted by atomic mass is 32.2. The molecule has 0 spiro atoms. The summed E-state index contributed by atoms with van der Waals surface area (Å²) >= 11 is 3.09. The number of aryl methyl sites for hydroxylation is 1. The molecule has 0 saturated heterocycles. The Kier molecular flexibility index (Phi) is 4.13. The number of nitrogens with zero attached hydrogens (tertiary/aromatic N) is 4. The molecule has 7 heteroatoms. The number of rotatable bonds is 4. The molecule has 0 bridgehead atoms. The van der Waals surface area contributed by atoms with Gasteiger partial charge in [-0.1, -0.05) is 25.2 Å². The van der Waals surface area contributed by atoms with E-state index in [0.29, 0.717) is 5.92 Å². The first-order valence-corrected chi connectivity index (χ1v) is 7.26. The van der Waals surface area contributed by atoms with Crippen LogP contribution in [0.25, 0.3) is 0 Å². The molecular weight excluding hydrogens is 266 g/mol. The maximum atomic E-state index is 4.54. The van der Waals surface area contributed by atoms with E-state index in [0.717, 1.165) is 26.0 Å². The Labute approximate surface area is 114 Å². The molecule has 0 saturated carbocycles. The average molecular weight is 281 g/mol. The number of hydrogen-bond donors (Lipinski definition) is 1. The van der Waals surface area contributed by atoms with Crippen LogP contribution in [0.1, 0.15) is 30.6 Å². The van der Waals surface area contributed by atoms with Gasteiger partial charge >= 0.3 is 0 Å². The van der Waals surface area contributed by atoms with Crippen LogP contribution in [0.3, 0.4) is 0 Å². The van der Waals surface area contributed by atoms with E-state index >= 15 is 0 Å². The molecule has 0 aliphatic carbocycles. The maximum Gasteiger partial charge on any atom is 0.180 e. The Morgan fingerprint density at radius 3 is 2.61 bits per heavy atom. The molecule has 96 valence electrons. The zero-order chi connectivity index (χ0) is 13.1. The summed E-state index contributed by atoms with van der Waals surface area (Å²) in [4.78, 5) is 8.97. The largest absolute Gasteiger partial charge is 0.373 e. The summed E-state index contributed by atoms with van der Waals surface area (Å²) in [6.07, 6.45) is 0. The lowest BCUT2D eigenvalue weighted by Crippen LogP contribution is -2.02. The van der Waals surface area contributed by atoms with Crippen LogP contribution in [0.4, 0.5) is 5.82 Å². The first-order chi connectivity index (χ1) is 8.58. The number of anilines is 1. The highest BCUT2D eigenvalue weighted by molar-refractivity contribution is 8.01. The van der Waals surface area contributed by atoms with Gasteiger partial charge in [0, 0.05) is 19.0 Å². The second-order valence-electron chi connectivity index (χ2n) is 4.04. The molecular formula is C11H15N5S2. The van der Waals surface area contributed by atoms with Crippen LogP contribution in [0.5, 0.6) is 0 Å². The van der Waals surface area contributed by atoms with Crippen molar-refractivity contribution in [3.8, 4) is 0 Å². The van der Waals surface area contributed by atoms with Crippen molar-refractivity contribution in [2.75, 3.05) is 12.4 Å². The van der Waals surface area contributed by atoms with Crippen molar-refractivity contribution in [1.29, 1.82) is 0 Å². The van der Waals surface area contributed by atoms with Crippen LogP contribution < -0.4 is 5.32 Å². The van der Waals surface area contributed by atoms with E-state index in [1.807, 2.05) is 20.0 Å². The lowest BCUT2D eigenvalue weighted by molar-refractivity contribution is 0.755. The normalized spacial score (nSPS) is 10.9. The smallest absolute Gasteiger partial charge is 0.180 e. The Bertz CT molecular complexity index is 538. The lowest BCUT2D eigenvalue weighted by Gasteiger charge is -2.08. The van der Waals surface area contributed by atoms with Gasteiger partial charge < -0.3 is 5.32 Å². The van der Waals surface area contributed by atoms with Crippen LogP contribution in [0.2, 0.25) is 0 Å². The van der Waals surface area contributed by atoms with E-state index < -0.39 is 0 Å². The van der Waals surface area contributed by atoms with Gasteiger partial charge in [-0.15, -0.1) is 10.2 Å². The van der Waals surface area contributed by atoms with Gasteiger partial charge in [-0.25, -0.2) is 9.97 Å². The summed E-state index contributed by atoms with van der Waals surface area (Å²) in [6.45, 7) is 6.11. The van der Waals surface area contributed by atoms with Crippen molar-refractivity contribution < 1.29 is 0 Å². The van der Waals surface area contributed by atoms with Gasteiger partial charge in [-0.05, 0) is 18.7 Å². The van der Waals surface area contributed by atoms with Crippen molar-refractivity contribution in [3.63, 3.8) is 0 Å². The third-order valence-electron chi connectivity index (χ3n) is 2.19. The third-order valence-corrected chi connectivity index (χ3v) is 4.00. The van der Waals surface area contributed by atoms with E-state index in [1.165, 1.54) is 11.8 Å². The number of aromatic nitrogens is 4. The molecule has 0 amide bonds. The molecule has 1 N–H and O–H groups in total. The molecule has 0 aliphatic rings. The van der Waals surface area contributed by atoms with Gasteiger partial charge in [-0.2, -0.15) is 0 Å². The van der Waals surface area contributed by atoms with E-state index in [1.54, 1.807) is 11.3 Å². The standard InChI is InChI=1S/C11H15N5S2/c1-6(2)10-13-8(12-4)5-9(14-10)18-11-16-15-7(3)17-11/h5-6H,1-4H3,(H,12,13,14).